The summed E-state index contributed by atoms with van der Waals surface area (Å²) in [5.41, 5.74) is 0.935. The van der Waals surface area contributed by atoms with E-state index in [-0.39, 0.29) is 25.1 Å². The Hall–Kier alpha value is -2.73. The number of benzene rings is 2. The summed E-state index contributed by atoms with van der Waals surface area (Å²) in [5.74, 6) is 1.08. The van der Waals surface area contributed by atoms with Crippen molar-refractivity contribution in [3.63, 3.8) is 0 Å². The van der Waals surface area contributed by atoms with E-state index in [1.807, 2.05) is 0 Å². The van der Waals surface area contributed by atoms with Gasteiger partial charge < -0.3 is 19.5 Å². The highest BCUT2D eigenvalue weighted by Crippen LogP contribution is 2.34. The van der Waals surface area contributed by atoms with Crippen LogP contribution < -0.4 is 19.5 Å². The van der Waals surface area contributed by atoms with Crippen molar-refractivity contribution in [1.82, 2.24) is 0 Å². The van der Waals surface area contributed by atoms with Gasteiger partial charge in [0.25, 0.3) is 5.91 Å². The van der Waals surface area contributed by atoms with E-state index in [9.17, 15) is 9.59 Å². The smallest absolute Gasteiger partial charge is 0.262 e. The molecule has 0 fully saturated rings. The van der Waals surface area contributed by atoms with Crippen molar-refractivity contribution in [2.45, 2.75) is 13.3 Å². The Bertz CT molecular complexity index is 821. The molecular formula is C18H16ClNO5. The Morgan fingerprint density at radius 3 is 2.76 bits per heavy atom. The minimum atomic E-state index is -0.358. The van der Waals surface area contributed by atoms with E-state index in [2.05, 4.69) is 5.32 Å². The molecule has 0 bridgehead atoms. The number of ketones is 1. The Kier molecular flexibility index (Phi) is 5.09. The van der Waals surface area contributed by atoms with Gasteiger partial charge in [0.1, 0.15) is 5.75 Å². The van der Waals surface area contributed by atoms with Gasteiger partial charge >= 0.3 is 0 Å². The summed E-state index contributed by atoms with van der Waals surface area (Å²) in [4.78, 5) is 24.1. The predicted molar refractivity (Wildman–Crippen MR) is 92.8 cm³/mol. The molecule has 1 N–H and O–H groups in total. The normalized spacial score (nSPS) is 11.9. The lowest BCUT2D eigenvalue weighted by atomic mass is 10.1. The molecule has 1 aliphatic heterocycles. The second kappa shape index (κ2) is 7.44. The van der Waals surface area contributed by atoms with Gasteiger partial charge in [-0.05, 0) is 30.3 Å². The molecule has 2 aromatic rings. The molecule has 0 aliphatic carbocycles. The van der Waals surface area contributed by atoms with Crippen molar-refractivity contribution in [2.24, 2.45) is 0 Å². The topological polar surface area (TPSA) is 73.9 Å². The van der Waals surface area contributed by atoms with Crippen molar-refractivity contribution in [1.29, 1.82) is 0 Å². The van der Waals surface area contributed by atoms with E-state index in [1.165, 1.54) is 0 Å². The van der Waals surface area contributed by atoms with Crippen molar-refractivity contribution in [3.8, 4) is 17.2 Å². The molecule has 25 heavy (non-hydrogen) atoms. The van der Waals surface area contributed by atoms with Crippen LogP contribution in [0.4, 0.5) is 5.69 Å². The Balaban J connectivity index is 1.64. The number of anilines is 1. The molecule has 1 heterocycles. The molecule has 1 aliphatic rings. The number of rotatable bonds is 6. The number of nitrogens with one attached hydrogen (secondary N) is 1. The first-order valence-corrected chi connectivity index (χ1v) is 8.09. The summed E-state index contributed by atoms with van der Waals surface area (Å²) in [6.45, 7) is 1.68. The fourth-order valence-corrected chi connectivity index (χ4v) is 2.52. The maximum Gasteiger partial charge on any atom is 0.262 e. The molecule has 0 atom stereocenters. The summed E-state index contributed by atoms with van der Waals surface area (Å²) in [6.07, 6.45) is 0.320. The molecule has 130 valence electrons. The molecule has 3 rings (SSSR count). The monoisotopic (exact) mass is 361 g/mol. The fourth-order valence-electron chi connectivity index (χ4n) is 2.35. The minimum absolute atomic E-state index is 0.103. The van der Waals surface area contributed by atoms with Gasteiger partial charge in [-0.15, -0.1) is 0 Å². The summed E-state index contributed by atoms with van der Waals surface area (Å²) in [6, 6.07) is 9.83. The number of hydrogen-bond acceptors (Lipinski definition) is 5. The highest BCUT2D eigenvalue weighted by Gasteiger charge is 2.16. The molecule has 0 aromatic heterocycles. The van der Waals surface area contributed by atoms with E-state index >= 15 is 0 Å². The van der Waals surface area contributed by atoms with E-state index in [4.69, 9.17) is 25.8 Å². The molecule has 7 heteroatoms. The lowest BCUT2D eigenvalue weighted by Crippen LogP contribution is -2.20. The van der Waals surface area contributed by atoms with Gasteiger partial charge in [0.2, 0.25) is 6.79 Å². The van der Waals surface area contributed by atoms with E-state index in [0.29, 0.717) is 39.9 Å². The van der Waals surface area contributed by atoms with Crippen LogP contribution in [-0.4, -0.2) is 25.1 Å². The summed E-state index contributed by atoms with van der Waals surface area (Å²) >= 11 is 5.93. The molecule has 0 radical (unpaired) electrons. The van der Waals surface area contributed by atoms with Crippen LogP contribution in [0, 0.1) is 0 Å². The van der Waals surface area contributed by atoms with Gasteiger partial charge in [-0.2, -0.15) is 0 Å². The fraction of sp³-hybridized carbons (Fsp3) is 0.222. The molecule has 0 saturated heterocycles. The number of Topliss-reactive ketones (excluding diaryl/α,β-unsaturated/α-hetero) is 1. The first-order valence-electron chi connectivity index (χ1n) is 7.72. The average molecular weight is 362 g/mol. The molecular weight excluding hydrogens is 346 g/mol. The van der Waals surface area contributed by atoms with Crippen LogP contribution >= 0.6 is 11.6 Å². The van der Waals surface area contributed by atoms with Crippen LogP contribution in [0.1, 0.15) is 23.7 Å². The van der Waals surface area contributed by atoms with Crippen LogP contribution in [0.15, 0.2) is 36.4 Å². The molecule has 0 unspecified atom stereocenters. The van der Waals surface area contributed by atoms with Gasteiger partial charge in [-0.3, -0.25) is 9.59 Å². The van der Waals surface area contributed by atoms with Crippen molar-refractivity contribution < 1.29 is 23.8 Å². The molecule has 0 spiro atoms. The second-order valence-electron chi connectivity index (χ2n) is 5.32. The van der Waals surface area contributed by atoms with Crippen LogP contribution in [0.5, 0.6) is 17.2 Å². The largest absolute Gasteiger partial charge is 0.483 e. The number of amides is 1. The predicted octanol–water partition coefficient (Wildman–Crippen LogP) is 3.68. The zero-order chi connectivity index (χ0) is 17.8. The third kappa shape index (κ3) is 4.03. The van der Waals surface area contributed by atoms with Gasteiger partial charge in [-0.25, -0.2) is 0 Å². The van der Waals surface area contributed by atoms with E-state index in [0.717, 1.165) is 0 Å². The average Bonchev–Trinajstić information content (AvgIpc) is 3.07. The third-order valence-electron chi connectivity index (χ3n) is 3.58. The third-order valence-corrected chi connectivity index (χ3v) is 3.81. The van der Waals surface area contributed by atoms with Gasteiger partial charge in [0, 0.05) is 23.2 Å². The zero-order valence-corrected chi connectivity index (χ0v) is 14.3. The SMILES string of the molecule is CCC(=O)c1cc(Cl)ccc1OCC(=O)Nc1ccc2c(c1)OCO2. The van der Waals surface area contributed by atoms with Crippen LogP contribution in [0.25, 0.3) is 0 Å². The quantitative estimate of drug-likeness (QED) is 0.794. The standard InChI is InChI=1S/C18H16ClNO5/c1-2-14(21)13-7-11(19)3-5-15(13)23-9-18(22)20-12-4-6-16-17(8-12)25-10-24-16/h3-8H,2,9-10H2,1H3,(H,20,22). The number of fused-ring (bicyclic) bond motifs is 1. The van der Waals surface area contributed by atoms with E-state index < -0.39 is 0 Å². The van der Waals surface area contributed by atoms with Crippen LogP contribution in [0.2, 0.25) is 5.02 Å². The maximum atomic E-state index is 12.1. The van der Waals surface area contributed by atoms with Crippen LogP contribution in [-0.2, 0) is 4.79 Å². The van der Waals surface area contributed by atoms with Gasteiger partial charge in [0.05, 0.1) is 5.56 Å². The van der Waals surface area contributed by atoms with Gasteiger partial charge in [0.15, 0.2) is 23.9 Å². The molecule has 0 saturated carbocycles. The zero-order valence-electron chi connectivity index (χ0n) is 13.5. The molecule has 1 amide bonds. The summed E-state index contributed by atoms with van der Waals surface area (Å²) in [5, 5.41) is 3.14. The second-order valence-corrected chi connectivity index (χ2v) is 5.76. The highest BCUT2D eigenvalue weighted by molar-refractivity contribution is 6.31. The van der Waals surface area contributed by atoms with Crippen molar-refractivity contribution in [2.75, 3.05) is 18.7 Å². The van der Waals surface area contributed by atoms with Crippen LogP contribution in [0.3, 0.4) is 0 Å². The van der Waals surface area contributed by atoms with Gasteiger partial charge in [-0.1, -0.05) is 18.5 Å². The first-order chi connectivity index (χ1) is 12.1. The number of carbonyl (C=O) groups is 2. The van der Waals surface area contributed by atoms with E-state index in [1.54, 1.807) is 43.3 Å². The Morgan fingerprint density at radius 2 is 1.96 bits per heavy atom. The maximum absolute atomic E-state index is 12.1. The Morgan fingerprint density at radius 1 is 1.16 bits per heavy atom. The summed E-state index contributed by atoms with van der Waals surface area (Å²) in [7, 11) is 0. The molecule has 2 aromatic carbocycles. The number of halogens is 1. The van der Waals surface area contributed by atoms with Crippen molar-refractivity contribution >= 4 is 29.0 Å². The summed E-state index contributed by atoms with van der Waals surface area (Å²) < 4.78 is 16.0. The Labute approximate surface area is 149 Å². The number of ether oxygens (including phenoxy) is 3. The highest BCUT2D eigenvalue weighted by atomic mass is 35.5. The lowest BCUT2D eigenvalue weighted by molar-refractivity contribution is -0.118. The molecule has 6 nitrogen and oxygen atoms in total. The number of hydrogen-bond donors (Lipinski definition) is 1. The number of carbonyl (C=O) groups excluding carboxylic acids is 2. The lowest BCUT2D eigenvalue weighted by Gasteiger charge is -2.11. The first kappa shape index (κ1) is 17.1. The van der Waals surface area contributed by atoms with Crippen molar-refractivity contribution in [3.05, 3.63) is 47.0 Å². The minimum Gasteiger partial charge on any atom is -0.483 e.